The first-order valence-electron chi connectivity index (χ1n) is 6.36. The molecule has 0 N–H and O–H groups in total. The minimum Gasteiger partial charge on any atom is -0.421 e. The van der Waals surface area contributed by atoms with E-state index in [4.69, 9.17) is 4.74 Å². The molecule has 100 valence electrons. The van der Waals surface area contributed by atoms with E-state index in [1.54, 1.807) is 16.7 Å². The standard InChI is InChI=1S/C16H14N2O2/c1-11-6-7-14(12(2)9-11)20-16(19)13-10-18-8-4-3-5-15(18)17-13/h3-10H,1-2H3. The minimum atomic E-state index is -0.444. The topological polar surface area (TPSA) is 43.6 Å². The maximum Gasteiger partial charge on any atom is 0.363 e. The van der Waals surface area contributed by atoms with E-state index >= 15 is 0 Å². The maximum atomic E-state index is 12.1. The molecule has 1 aromatic carbocycles. The Kier molecular flexibility index (Phi) is 2.99. The molecule has 0 saturated heterocycles. The number of fused-ring (bicyclic) bond motifs is 1. The highest BCUT2D eigenvalue weighted by Gasteiger charge is 2.14. The molecule has 3 aromatic rings. The molecule has 4 heteroatoms. The van der Waals surface area contributed by atoms with Gasteiger partial charge in [-0.1, -0.05) is 23.8 Å². The van der Waals surface area contributed by atoms with Gasteiger partial charge >= 0.3 is 5.97 Å². The minimum absolute atomic E-state index is 0.302. The van der Waals surface area contributed by atoms with Crippen molar-refractivity contribution in [3.05, 3.63) is 65.6 Å². The summed E-state index contributed by atoms with van der Waals surface area (Å²) in [5, 5.41) is 0. The number of hydrogen-bond donors (Lipinski definition) is 0. The lowest BCUT2D eigenvalue weighted by molar-refractivity contribution is 0.0728. The highest BCUT2D eigenvalue weighted by atomic mass is 16.5. The van der Waals surface area contributed by atoms with Crippen molar-refractivity contribution in [1.82, 2.24) is 9.38 Å². The predicted octanol–water partition coefficient (Wildman–Crippen LogP) is 3.17. The molecule has 0 aliphatic carbocycles. The molecule has 2 heterocycles. The fourth-order valence-corrected chi connectivity index (χ4v) is 2.10. The van der Waals surface area contributed by atoms with Crippen LogP contribution in [0, 0.1) is 13.8 Å². The zero-order valence-electron chi connectivity index (χ0n) is 11.3. The van der Waals surface area contributed by atoms with E-state index < -0.39 is 5.97 Å². The van der Waals surface area contributed by atoms with E-state index in [-0.39, 0.29) is 0 Å². The average molecular weight is 266 g/mol. The van der Waals surface area contributed by atoms with Gasteiger partial charge in [0.1, 0.15) is 11.4 Å². The maximum absolute atomic E-state index is 12.1. The molecule has 2 aromatic heterocycles. The van der Waals surface area contributed by atoms with Gasteiger partial charge in [0.25, 0.3) is 0 Å². The van der Waals surface area contributed by atoms with Crippen LogP contribution in [-0.2, 0) is 0 Å². The van der Waals surface area contributed by atoms with Crippen LogP contribution in [0.5, 0.6) is 5.75 Å². The Morgan fingerprint density at radius 2 is 2.05 bits per heavy atom. The van der Waals surface area contributed by atoms with Gasteiger partial charge in [-0.3, -0.25) is 0 Å². The molecular formula is C16H14N2O2. The number of carbonyl (C=O) groups is 1. The number of esters is 1. The third-order valence-electron chi connectivity index (χ3n) is 3.11. The van der Waals surface area contributed by atoms with Gasteiger partial charge in [-0.05, 0) is 37.6 Å². The molecule has 0 aliphatic rings. The Bertz CT molecular complexity index is 757. The smallest absolute Gasteiger partial charge is 0.363 e. The monoisotopic (exact) mass is 266 g/mol. The van der Waals surface area contributed by atoms with E-state index in [0.717, 1.165) is 16.8 Å². The number of hydrogen-bond acceptors (Lipinski definition) is 3. The molecule has 0 atom stereocenters. The van der Waals surface area contributed by atoms with Crippen LogP contribution in [0.15, 0.2) is 48.8 Å². The van der Waals surface area contributed by atoms with Crippen molar-refractivity contribution < 1.29 is 9.53 Å². The summed E-state index contributed by atoms with van der Waals surface area (Å²) in [5.74, 6) is 0.123. The Labute approximate surface area is 116 Å². The number of carbonyl (C=O) groups excluding carboxylic acids is 1. The number of pyridine rings is 1. The molecule has 0 spiro atoms. The van der Waals surface area contributed by atoms with Gasteiger partial charge in [-0.15, -0.1) is 0 Å². The van der Waals surface area contributed by atoms with Gasteiger partial charge in [0.2, 0.25) is 0 Å². The van der Waals surface area contributed by atoms with E-state index in [0.29, 0.717) is 11.4 Å². The van der Waals surface area contributed by atoms with Crippen LogP contribution < -0.4 is 4.74 Å². The number of aryl methyl sites for hydroxylation is 2. The van der Waals surface area contributed by atoms with Crippen LogP contribution in [-0.4, -0.2) is 15.4 Å². The first-order valence-corrected chi connectivity index (χ1v) is 6.36. The molecule has 0 unspecified atom stereocenters. The lowest BCUT2D eigenvalue weighted by Gasteiger charge is -2.06. The number of rotatable bonds is 2. The van der Waals surface area contributed by atoms with Gasteiger partial charge in [0.05, 0.1) is 0 Å². The van der Waals surface area contributed by atoms with Gasteiger partial charge in [0.15, 0.2) is 5.69 Å². The normalized spacial score (nSPS) is 10.7. The van der Waals surface area contributed by atoms with Crippen molar-refractivity contribution in [2.45, 2.75) is 13.8 Å². The summed E-state index contributed by atoms with van der Waals surface area (Å²) >= 11 is 0. The second-order valence-corrected chi connectivity index (χ2v) is 4.75. The van der Waals surface area contributed by atoms with Crippen molar-refractivity contribution in [3.63, 3.8) is 0 Å². The summed E-state index contributed by atoms with van der Waals surface area (Å²) in [6, 6.07) is 11.3. The van der Waals surface area contributed by atoms with E-state index in [1.807, 2.05) is 50.4 Å². The second-order valence-electron chi connectivity index (χ2n) is 4.75. The zero-order chi connectivity index (χ0) is 14.1. The molecule has 0 saturated carbocycles. The van der Waals surface area contributed by atoms with Crippen molar-refractivity contribution in [2.75, 3.05) is 0 Å². The molecule has 0 bridgehead atoms. The Balaban J connectivity index is 1.89. The van der Waals surface area contributed by atoms with E-state index in [2.05, 4.69) is 4.98 Å². The Hall–Kier alpha value is -2.62. The average Bonchev–Trinajstić information content (AvgIpc) is 2.86. The van der Waals surface area contributed by atoms with Crippen LogP contribution >= 0.6 is 0 Å². The number of imidazole rings is 1. The first kappa shape index (κ1) is 12.4. The van der Waals surface area contributed by atoms with Crippen LogP contribution in [0.25, 0.3) is 5.65 Å². The Morgan fingerprint density at radius 3 is 2.80 bits per heavy atom. The SMILES string of the molecule is Cc1ccc(OC(=O)c2cn3ccccc3n2)c(C)c1. The van der Waals surface area contributed by atoms with Crippen LogP contribution in [0.3, 0.4) is 0 Å². The lowest BCUT2D eigenvalue weighted by Crippen LogP contribution is -2.09. The van der Waals surface area contributed by atoms with Crippen molar-refractivity contribution in [1.29, 1.82) is 0 Å². The molecule has 0 amide bonds. The van der Waals surface area contributed by atoms with Crippen molar-refractivity contribution >= 4 is 11.6 Å². The van der Waals surface area contributed by atoms with Gasteiger partial charge < -0.3 is 9.14 Å². The summed E-state index contributed by atoms with van der Waals surface area (Å²) < 4.78 is 7.19. The third kappa shape index (κ3) is 2.28. The van der Waals surface area contributed by atoms with Crippen molar-refractivity contribution in [2.24, 2.45) is 0 Å². The predicted molar refractivity (Wildman–Crippen MR) is 76.1 cm³/mol. The number of ether oxygens (including phenoxy) is 1. The number of aromatic nitrogens is 2. The first-order chi connectivity index (χ1) is 9.63. The fourth-order valence-electron chi connectivity index (χ4n) is 2.10. The summed E-state index contributed by atoms with van der Waals surface area (Å²) in [5.41, 5.74) is 3.09. The fraction of sp³-hybridized carbons (Fsp3) is 0.125. The molecule has 3 rings (SSSR count). The molecule has 20 heavy (non-hydrogen) atoms. The lowest BCUT2D eigenvalue weighted by atomic mass is 10.1. The molecule has 0 radical (unpaired) electrons. The van der Waals surface area contributed by atoms with Crippen LogP contribution in [0.1, 0.15) is 21.6 Å². The molecule has 0 fully saturated rings. The van der Waals surface area contributed by atoms with Gasteiger partial charge in [-0.2, -0.15) is 0 Å². The number of nitrogens with zero attached hydrogens (tertiary/aromatic N) is 2. The van der Waals surface area contributed by atoms with Crippen LogP contribution in [0.2, 0.25) is 0 Å². The number of benzene rings is 1. The van der Waals surface area contributed by atoms with Crippen LogP contribution in [0.4, 0.5) is 0 Å². The largest absolute Gasteiger partial charge is 0.421 e. The van der Waals surface area contributed by atoms with Gasteiger partial charge in [0, 0.05) is 12.4 Å². The second kappa shape index (κ2) is 4.81. The molecule has 4 nitrogen and oxygen atoms in total. The molecule has 0 aliphatic heterocycles. The zero-order valence-corrected chi connectivity index (χ0v) is 11.3. The Morgan fingerprint density at radius 1 is 1.20 bits per heavy atom. The summed E-state index contributed by atoms with van der Waals surface area (Å²) in [4.78, 5) is 16.4. The van der Waals surface area contributed by atoms with E-state index in [9.17, 15) is 4.79 Å². The van der Waals surface area contributed by atoms with Crippen molar-refractivity contribution in [3.8, 4) is 5.75 Å². The van der Waals surface area contributed by atoms with E-state index in [1.165, 1.54) is 0 Å². The highest BCUT2D eigenvalue weighted by Crippen LogP contribution is 2.20. The summed E-state index contributed by atoms with van der Waals surface area (Å²) in [6.07, 6.45) is 3.51. The summed E-state index contributed by atoms with van der Waals surface area (Å²) in [7, 11) is 0. The quantitative estimate of drug-likeness (QED) is 0.528. The highest BCUT2D eigenvalue weighted by molar-refractivity contribution is 5.89. The summed E-state index contributed by atoms with van der Waals surface area (Å²) in [6.45, 7) is 3.92. The molecular weight excluding hydrogens is 252 g/mol. The third-order valence-corrected chi connectivity index (χ3v) is 3.11. The van der Waals surface area contributed by atoms with Gasteiger partial charge in [-0.25, -0.2) is 9.78 Å².